The Morgan fingerprint density at radius 3 is 2.03 bits per heavy atom. The highest BCUT2D eigenvalue weighted by atomic mass is 31.2. The second-order valence-electron chi connectivity index (χ2n) is 9.11. The lowest BCUT2D eigenvalue weighted by atomic mass is 10.1. The summed E-state index contributed by atoms with van der Waals surface area (Å²) in [5, 5.41) is 0. The SMILES string of the molecule is CC(C)(C)OP(=O)(OCCOCCOC(COC(N)=O)Cc1ccccc1)OC(C)(C)C. The van der Waals surface area contributed by atoms with Gasteiger partial charge in [-0.2, -0.15) is 0 Å². The molecule has 1 unspecified atom stereocenters. The molecule has 0 radical (unpaired) electrons. The van der Waals surface area contributed by atoms with Crippen LogP contribution in [0.3, 0.4) is 0 Å². The minimum absolute atomic E-state index is 0.0294. The molecule has 9 nitrogen and oxygen atoms in total. The van der Waals surface area contributed by atoms with E-state index in [0.29, 0.717) is 6.42 Å². The van der Waals surface area contributed by atoms with Gasteiger partial charge in [0, 0.05) is 6.42 Å². The molecule has 1 amide bonds. The van der Waals surface area contributed by atoms with Gasteiger partial charge in [-0.25, -0.2) is 9.36 Å². The van der Waals surface area contributed by atoms with E-state index in [2.05, 4.69) is 0 Å². The average molecular weight is 476 g/mol. The average Bonchev–Trinajstić information content (AvgIpc) is 2.62. The molecule has 1 rings (SSSR count). The standard InChI is InChI=1S/C22H38NO8P/c1-21(2,3)30-32(25,31-22(4,5)6)29-15-13-26-12-14-27-19(17-28-20(23)24)16-18-10-8-7-9-11-18/h7-11,19H,12-17H2,1-6H3,(H2,23,24). The van der Waals surface area contributed by atoms with Gasteiger partial charge in [-0.3, -0.25) is 13.6 Å². The largest absolute Gasteiger partial charge is 0.475 e. The normalized spacial score (nSPS) is 13.7. The molecule has 0 fully saturated rings. The molecule has 10 heteroatoms. The van der Waals surface area contributed by atoms with Gasteiger partial charge in [0.05, 0.1) is 43.7 Å². The number of hydrogen-bond donors (Lipinski definition) is 1. The van der Waals surface area contributed by atoms with Crippen LogP contribution in [0, 0.1) is 0 Å². The number of hydrogen-bond acceptors (Lipinski definition) is 8. The van der Waals surface area contributed by atoms with E-state index in [4.69, 9.17) is 33.5 Å². The molecule has 184 valence electrons. The van der Waals surface area contributed by atoms with E-state index < -0.39 is 25.1 Å². The molecule has 0 heterocycles. The molecule has 0 aliphatic heterocycles. The first-order chi connectivity index (χ1) is 14.8. The lowest BCUT2D eigenvalue weighted by molar-refractivity contribution is -0.0317. The van der Waals surface area contributed by atoms with E-state index in [1.54, 1.807) is 41.5 Å². The van der Waals surface area contributed by atoms with Crippen LogP contribution in [-0.2, 0) is 38.8 Å². The minimum atomic E-state index is -3.76. The van der Waals surface area contributed by atoms with Gasteiger partial charge in [-0.1, -0.05) is 30.3 Å². The summed E-state index contributed by atoms with van der Waals surface area (Å²) in [5.41, 5.74) is 4.71. The summed E-state index contributed by atoms with van der Waals surface area (Å²) < 4.78 is 45.6. The van der Waals surface area contributed by atoms with Crippen molar-refractivity contribution in [2.75, 3.05) is 33.0 Å². The Labute approximate surface area is 191 Å². The Hall–Kier alpha value is -1.48. The van der Waals surface area contributed by atoms with Crippen LogP contribution in [0.15, 0.2) is 30.3 Å². The topological polar surface area (TPSA) is 116 Å². The van der Waals surface area contributed by atoms with Crippen molar-refractivity contribution in [3.05, 3.63) is 35.9 Å². The number of phosphoric acid groups is 1. The number of rotatable bonds is 14. The number of primary amides is 1. The van der Waals surface area contributed by atoms with Gasteiger partial charge in [-0.05, 0) is 47.1 Å². The number of benzene rings is 1. The molecular formula is C22H38NO8P. The molecule has 1 aromatic carbocycles. The summed E-state index contributed by atoms with van der Waals surface area (Å²) in [6.45, 7) is 11.4. The van der Waals surface area contributed by atoms with Gasteiger partial charge >= 0.3 is 13.9 Å². The first-order valence-corrected chi connectivity index (χ1v) is 12.1. The first-order valence-electron chi connectivity index (χ1n) is 10.6. The lowest BCUT2D eigenvalue weighted by Crippen LogP contribution is -2.28. The summed E-state index contributed by atoms with van der Waals surface area (Å²) in [4.78, 5) is 10.9. The highest BCUT2D eigenvalue weighted by Crippen LogP contribution is 2.55. The Morgan fingerprint density at radius 1 is 0.938 bits per heavy atom. The molecule has 1 atom stereocenters. The Kier molecular flexibility index (Phi) is 11.9. The fourth-order valence-corrected chi connectivity index (χ4v) is 4.33. The van der Waals surface area contributed by atoms with Crippen molar-refractivity contribution in [1.82, 2.24) is 0 Å². The molecule has 0 aliphatic carbocycles. The van der Waals surface area contributed by atoms with Crippen LogP contribution in [-0.4, -0.2) is 56.4 Å². The summed E-state index contributed by atoms with van der Waals surface area (Å²) in [5.74, 6) is 0. The maximum absolute atomic E-state index is 12.9. The summed E-state index contributed by atoms with van der Waals surface area (Å²) in [6, 6.07) is 9.71. The minimum Gasteiger partial charge on any atom is -0.447 e. The Morgan fingerprint density at radius 2 is 1.50 bits per heavy atom. The quantitative estimate of drug-likeness (QED) is 0.309. The van der Waals surface area contributed by atoms with Crippen LogP contribution < -0.4 is 5.73 Å². The second kappa shape index (κ2) is 13.3. The Balaban J connectivity index is 2.40. The zero-order chi connectivity index (χ0) is 24.3. The summed E-state index contributed by atoms with van der Waals surface area (Å²) >= 11 is 0. The van der Waals surface area contributed by atoms with Crippen molar-refractivity contribution in [2.24, 2.45) is 5.73 Å². The zero-order valence-electron chi connectivity index (χ0n) is 20.0. The van der Waals surface area contributed by atoms with Crippen LogP contribution in [0.1, 0.15) is 47.1 Å². The van der Waals surface area contributed by atoms with E-state index in [1.165, 1.54) is 0 Å². The number of ether oxygens (including phenoxy) is 3. The highest BCUT2D eigenvalue weighted by Gasteiger charge is 2.37. The van der Waals surface area contributed by atoms with Crippen LogP contribution >= 0.6 is 7.82 Å². The molecule has 0 aromatic heterocycles. The third kappa shape index (κ3) is 14.6. The van der Waals surface area contributed by atoms with Crippen molar-refractivity contribution in [1.29, 1.82) is 0 Å². The maximum atomic E-state index is 12.9. The Bertz CT molecular complexity index is 695. The van der Waals surface area contributed by atoms with Gasteiger partial charge in [0.2, 0.25) is 0 Å². The summed E-state index contributed by atoms with van der Waals surface area (Å²) in [6.07, 6.45) is -0.640. The van der Waals surface area contributed by atoms with Crippen molar-refractivity contribution in [2.45, 2.75) is 65.3 Å². The molecule has 0 saturated heterocycles. The fourth-order valence-electron chi connectivity index (χ4n) is 2.54. The smallest absolute Gasteiger partial charge is 0.447 e. The predicted molar refractivity (Wildman–Crippen MR) is 121 cm³/mol. The highest BCUT2D eigenvalue weighted by molar-refractivity contribution is 7.48. The van der Waals surface area contributed by atoms with Crippen molar-refractivity contribution < 1.29 is 37.1 Å². The number of carbonyl (C=O) groups is 1. The molecule has 1 aromatic rings. The first kappa shape index (κ1) is 28.6. The second-order valence-corrected chi connectivity index (χ2v) is 10.6. The van der Waals surface area contributed by atoms with E-state index in [9.17, 15) is 9.36 Å². The van der Waals surface area contributed by atoms with Crippen LogP contribution in [0.2, 0.25) is 0 Å². The van der Waals surface area contributed by atoms with Gasteiger partial charge in [0.25, 0.3) is 0 Å². The van der Waals surface area contributed by atoms with Gasteiger partial charge in [0.15, 0.2) is 0 Å². The number of nitrogens with two attached hydrogens (primary N) is 1. The van der Waals surface area contributed by atoms with Crippen molar-refractivity contribution >= 4 is 13.9 Å². The van der Waals surface area contributed by atoms with Gasteiger partial charge in [0.1, 0.15) is 6.61 Å². The molecular weight excluding hydrogens is 437 g/mol. The summed E-state index contributed by atoms with van der Waals surface area (Å²) in [7, 11) is -3.76. The van der Waals surface area contributed by atoms with E-state index in [-0.39, 0.29) is 39.1 Å². The molecule has 0 aliphatic rings. The van der Waals surface area contributed by atoms with Crippen molar-refractivity contribution in [3.63, 3.8) is 0 Å². The van der Waals surface area contributed by atoms with Crippen molar-refractivity contribution in [3.8, 4) is 0 Å². The zero-order valence-corrected chi connectivity index (χ0v) is 20.9. The molecule has 0 spiro atoms. The van der Waals surface area contributed by atoms with Crippen LogP contribution in [0.5, 0.6) is 0 Å². The number of phosphoric ester groups is 1. The third-order valence-corrected chi connectivity index (χ3v) is 5.59. The molecule has 32 heavy (non-hydrogen) atoms. The fraction of sp³-hybridized carbons (Fsp3) is 0.682. The number of carbonyl (C=O) groups excluding carboxylic acids is 1. The number of amides is 1. The lowest BCUT2D eigenvalue weighted by Gasteiger charge is -2.30. The van der Waals surface area contributed by atoms with E-state index in [1.807, 2.05) is 30.3 Å². The van der Waals surface area contributed by atoms with Crippen LogP contribution in [0.4, 0.5) is 4.79 Å². The van der Waals surface area contributed by atoms with Gasteiger partial charge < -0.3 is 19.9 Å². The molecule has 0 bridgehead atoms. The monoisotopic (exact) mass is 475 g/mol. The third-order valence-electron chi connectivity index (χ3n) is 3.55. The van der Waals surface area contributed by atoms with E-state index >= 15 is 0 Å². The predicted octanol–water partition coefficient (Wildman–Crippen LogP) is 4.48. The maximum Gasteiger partial charge on any atom is 0.475 e. The molecule has 0 saturated carbocycles. The molecule has 2 N–H and O–H groups in total. The van der Waals surface area contributed by atoms with E-state index in [0.717, 1.165) is 5.56 Å². The van der Waals surface area contributed by atoms with Gasteiger partial charge in [-0.15, -0.1) is 0 Å². The van der Waals surface area contributed by atoms with Crippen LogP contribution in [0.25, 0.3) is 0 Å².